The first-order valence-corrected chi connectivity index (χ1v) is 11.4. The molecule has 3 aromatic rings. The molecule has 1 aliphatic carbocycles. The molecule has 5 rings (SSSR count). The molecule has 0 atom stereocenters. The van der Waals surface area contributed by atoms with Crippen LogP contribution >= 0.6 is 0 Å². The fourth-order valence-electron chi connectivity index (χ4n) is 5.29. The topological polar surface area (TPSA) is 48.1 Å². The van der Waals surface area contributed by atoms with Gasteiger partial charge in [-0.25, -0.2) is 4.98 Å². The van der Waals surface area contributed by atoms with Crippen LogP contribution in [0.2, 0.25) is 0 Å². The van der Waals surface area contributed by atoms with Gasteiger partial charge in [-0.2, -0.15) is 5.10 Å². The van der Waals surface area contributed by atoms with Crippen LogP contribution in [0.15, 0.2) is 30.3 Å². The number of likely N-dealkylation sites (N-methyl/N-ethyl adjacent to an activating group) is 1. The monoisotopic (exact) mass is 403 g/mol. The number of rotatable bonds is 3. The molecule has 0 bridgehead atoms. The zero-order valence-electron chi connectivity index (χ0n) is 18.5. The Morgan fingerprint density at radius 1 is 0.933 bits per heavy atom. The van der Waals surface area contributed by atoms with E-state index in [4.69, 9.17) is 4.98 Å². The van der Waals surface area contributed by atoms with E-state index in [1.54, 1.807) is 0 Å². The molecular weight excluding hydrogens is 370 g/mol. The molecule has 2 fully saturated rings. The first-order valence-electron chi connectivity index (χ1n) is 11.4. The third-order valence-corrected chi connectivity index (χ3v) is 7.26. The van der Waals surface area contributed by atoms with E-state index in [0.717, 1.165) is 22.8 Å². The lowest BCUT2D eigenvalue weighted by Gasteiger charge is -2.41. The number of pyridine rings is 1. The molecule has 2 aliphatic rings. The summed E-state index contributed by atoms with van der Waals surface area (Å²) in [7, 11) is 2.23. The lowest BCUT2D eigenvalue weighted by atomic mass is 9.82. The second-order valence-electron chi connectivity index (χ2n) is 9.35. The largest absolute Gasteiger partial charge is 0.304 e. The SMILES string of the molecule is Cc1ccc(-c2cc(C3CCC(N4CCN(C)CC4)CC3)nc3n[nH]c(C)c23)cc1. The number of H-pyrrole nitrogens is 1. The molecule has 1 N–H and O–H groups in total. The highest BCUT2D eigenvalue weighted by Crippen LogP contribution is 2.38. The molecule has 1 saturated heterocycles. The van der Waals surface area contributed by atoms with Crippen LogP contribution in [-0.2, 0) is 0 Å². The minimum Gasteiger partial charge on any atom is -0.304 e. The number of aromatic amines is 1. The van der Waals surface area contributed by atoms with Gasteiger partial charge in [0.05, 0.1) is 0 Å². The van der Waals surface area contributed by atoms with Gasteiger partial charge in [0.15, 0.2) is 5.65 Å². The van der Waals surface area contributed by atoms with Crippen LogP contribution in [-0.4, -0.2) is 64.2 Å². The second kappa shape index (κ2) is 8.12. The fraction of sp³-hybridized carbons (Fsp3) is 0.520. The number of aromatic nitrogens is 3. The van der Waals surface area contributed by atoms with E-state index in [1.165, 1.54) is 74.2 Å². The van der Waals surface area contributed by atoms with Crippen molar-refractivity contribution >= 4 is 11.0 Å². The summed E-state index contributed by atoms with van der Waals surface area (Å²) in [6.45, 7) is 9.09. The summed E-state index contributed by atoms with van der Waals surface area (Å²) in [5, 5.41) is 8.84. The van der Waals surface area contributed by atoms with Crippen LogP contribution in [0, 0.1) is 13.8 Å². The van der Waals surface area contributed by atoms with Gasteiger partial charge < -0.3 is 4.90 Å². The van der Waals surface area contributed by atoms with Crippen LogP contribution in [0.25, 0.3) is 22.2 Å². The van der Waals surface area contributed by atoms with Crippen LogP contribution in [0.1, 0.15) is 48.6 Å². The van der Waals surface area contributed by atoms with Crippen molar-refractivity contribution in [2.75, 3.05) is 33.2 Å². The van der Waals surface area contributed by atoms with Gasteiger partial charge in [0.25, 0.3) is 0 Å². The number of piperazine rings is 1. The van der Waals surface area contributed by atoms with Crippen molar-refractivity contribution in [3.63, 3.8) is 0 Å². The third kappa shape index (κ3) is 3.77. The highest BCUT2D eigenvalue weighted by Gasteiger charge is 2.29. The van der Waals surface area contributed by atoms with E-state index in [-0.39, 0.29) is 0 Å². The van der Waals surface area contributed by atoms with Gasteiger partial charge in [-0.15, -0.1) is 0 Å². The third-order valence-electron chi connectivity index (χ3n) is 7.26. The summed E-state index contributed by atoms with van der Waals surface area (Å²) in [6.07, 6.45) is 5.03. The van der Waals surface area contributed by atoms with Crippen LogP contribution in [0.4, 0.5) is 0 Å². The average Bonchev–Trinajstić information content (AvgIpc) is 3.15. The van der Waals surface area contributed by atoms with Crippen LogP contribution in [0.3, 0.4) is 0 Å². The lowest BCUT2D eigenvalue weighted by Crippen LogP contribution is -2.49. The van der Waals surface area contributed by atoms with E-state index in [1.807, 2.05) is 0 Å². The summed E-state index contributed by atoms with van der Waals surface area (Å²) in [5.41, 5.74) is 6.99. The number of nitrogens with zero attached hydrogens (tertiary/aromatic N) is 4. The van der Waals surface area contributed by atoms with Crippen LogP contribution < -0.4 is 0 Å². The molecule has 0 amide bonds. The standard InChI is InChI=1S/C25H33N5/c1-17-4-6-19(7-5-17)22-16-23(26-25-24(22)18(2)27-28-25)20-8-10-21(11-9-20)30-14-12-29(3)13-15-30/h4-7,16,20-21H,8-15H2,1-3H3,(H,26,27,28). The Morgan fingerprint density at radius 3 is 2.33 bits per heavy atom. The Morgan fingerprint density at radius 2 is 1.63 bits per heavy atom. The molecule has 0 radical (unpaired) electrons. The van der Waals surface area contributed by atoms with Crippen LogP contribution in [0.5, 0.6) is 0 Å². The fourth-order valence-corrected chi connectivity index (χ4v) is 5.29. The molecule has 158 valence electrons. The smallest absolute Gasteiger partial charge is 0.182 e. The van der Waals surface area contributed by atoms with Gasteiger partial charge in [-0.1, -0.05) is 29.8 Å². The Hall–Kier alpha value is -2.24. The zero-order chi connectivity index (χ0) is 20.7. The first kappa shape index (κ1) is 19.7. The number of aryl methyl sites for hydroxylation is 2. The maximum absolute atomic E-state index is 5.01. The van der Waals surface area contributed by atoms with Gasteiger partial charge >= 0.3 is 0 Å². The van der Waals surface area contributed by atoms with E-state index >= 15 is 0 Å². The van der Waals surface area contributed by atoms with Crippen molar-refractivity contribution in [3.8, 4) is 11.1 Å². The maximum Gasteiger partial charge on any atom is 0.182 e. The first-order chi connectivity index (χ1) is 14.6. The maximum atomic E-state index is 5.01. The van der Waals surface area contributed by atoms with E-state index in [0.29, 0.717) is 5.92 Å². The van der Waals surface area contributed by atoms with E-state index in [2.05, 4.69) is 71.2 Å². The minimum atomic E-state index is 0.541. The number of nitrogens with one attached hydrogen (secondary N) is 1. The Labute approximate surface area is 179 Å². The van der Waals surface area contributed by atoms with Gasteiger partial charge in [-0.3, -0.25) is 10.00 Å². The molecule has 1 aliphatic heterocycles. The molecular formula is C25H33N5. The number of hydrogen-bond donors (Lipinski definition) is 1. The molecule has 0 spiro atoms. The van der Waals surface area contributed by atoms with E-state index in [9.17, 15) is 0 Å². The molecule has 0 unspecified atom stereocenters. The molecule has 1 aromatic carbocycles. The molecule has 30 heavy (non-hydrogen) atoms. The molecule has 5 nitrogen and oxygen atoms in total. The summed E-state index contributed by atoms with van der Waals surface area (Å²) >= 11 is 0. The van der Waals surface area contributed by atoms with Crippen molar-refractivity contribution in [1.29, 1.82) is 0 Å². The highest BCUT2D eigenvalue weighted by atomic mass is 15.3. The number of fused-ring (bicyclic) bond motifs is 1. The Bertz CT molecular complexity index is 1010. The van der Waals surface area contributed by atoms with Gasteiger partial charge in [-0.05, 0) is 63.8 Å². The Balaban J connectivity index is 1.39. The molecule has 5 heteroatoms. The molecule has 2 aromatic heterocycles. The molecule has 3 heterocycles. The van der Waals surface area contributed by atoms with Crippen molar-refractivity contribution in [3.05, 3.63) is 47.3 Å². The molecule has 1 saturated carbocycles. The summed E-state index contributed by atoms with van der Waals surface area (Å²) < 4.78 is 0. The van der Waals surface area contributed by atoms with Gasteiger partial charge in [0.1, 0.15) is 0 Å². The predicted octanol–water partition coefficient (Wildman–Crippen LogP) is 4.52. The predicted molar refractivity (Wildman–Crippen MR) is 123 cm³/mol. The number of hydrogen-bond acceptors (Lipinski definition) is 4. The Kier molecular flexibility index (Phi) is 5.34. The van der Waals surface area contributed by atoms with Crippen molar-refractivity contribution in [2.45, 2.75) is 51.5 Å². The summed E-state index contributed by atoms with van der Waals surface area (Å²) in [4.78, 5) is 10.2. The lowest BCUT2D eigenvalue weighted by molar-refractivity contribution is 0.0876. The van der Waals surface area contributed by atoms with Crippen molar-refractivity contribution in [2.24, 2.45) is 0 Å². The van der Waals surface area contributed by atoms with Gasteiger partial charge in [0, 0.05) is 54.9 Å². The zero-order valence-corrected chi connectivity index (χ0v) is 18.5. The van der Waals surface area contributed by atoms with Gasteiger partial charge in [0.2, 0.25) is 0 Å². The highest BCUT2D eigenvalue weighted by molar-refractivity contribution is 5.94. The summed E-state index contributed by atoms with van der Waals surface area (Å²) in [6, 6.07) is 11.9. The van der Waals surface area contributed by atoms with Crippen molar-refractivity contribution < 1.29 is 0 Å². The van der Waals surface area contributed by atoms with E-state index < -0.39 is 0 Å². The van der Waals surface area contributed by atoms with Crippen molar-refractivity contribution in [1.82, 2.24) is 25.0 Å². The average molecular weight is 404 g/mol. The minimum absolute atomic E-state index is 0.541. The normalized spacial score (nSPS) is 23.8. The summed E-state index contributed by atoms with van der Waals surface area (Å²) in [5.74, 6) is 0.541. The second-order valence-corrected chi connectivity index (χ2v) is 9.35. The number of benzene rings is 1. The quantitative estimate of drug-likeness (QED) is 0.699.